The molecule has 0 N–H and O–H groups in total. The van der Waals surface area contributed by atoms with Crippen LogP contribution in [0.1, 0.15) is 31.4 Å². The van der Waals surface area contributed by atoms with Gasteiger partial charge in [-0.1, -0.05) is 23.9 Å². The molecule has 1 saturated carbocycles. The highest BCUT2D eigenvalue weighted by atomic mass is 32.2. The van der Waals surface area contributed by atoms with Crippen LogP contribution in [0.25, 0.3) is 0 Å². The van der Waals surface area contributed by atoms with Gasteiger partial charge in [0.1, 0.15) is 5.82 Å². The maximum atomic E-state index is 13.3. The summed E-state index contributed by atoms with van der Waals surface area (Å²) in [4.78, 5) is 14.1. The van der Waals surface area contributed by atoms with Crippen LogP contribution in [0.3, 0.4) is 0 Å². The fraction of sp³-hybridized carbons (Fsp3) is 0.467. The highest BCUT2D eigenvalue weighted by Crippen LogP contribution is 2.36. The first-order chi connectivity index (χ1) is 11.2. The van der Waals surface area contributed by atoms with Gasteiger partial charge in [0, 0.05) is 13.1 Å². The molecule has 0 aliphatic heterocycles. The monoisotopic (exact) mass is 335 g/mol. The topological polar surface area (TPSA) is 63.9 Å². The Morgan fingerprint density at radius 1 is 1.48 bits per heavy atom. The smallest absolute Gasteiger partial charge is 0.233 e. The van der Waals surface area contributed by atoms with E-state index in [1.807, 2.05) is 13.0 Å². The second-order valence-corrected chi connectivity index (χ2v) is 6.41. The average molecular weight is 335 g/mol. The van der Waals surface area contributed by atoms with Crippen LogP contribution in [0.2, 0.25) is 0 Å². The number of aromatic nitrogens is 4. The lowest BCUT2D eigenvalue weighted by atomic mass is 10.2. The van der Waals surface area contributed by atoms with Gasteiger partial charge < -0.3 is 4.90 Å². The number of amides is 1. The molecule has 6 nitrogen and oxygen atoms in total. The number of carbonyl (C=O) groups is 1. The second-order valence-electron chi connectivity index (χ2n) is 5.46. The number of thioether (sulfide) groups is 1. The van der Waals surface area contributed by atoms with E-state index in [2.05, 4.69) is 15.5 Å². The number of tetrazole rings is 1. The Morgan fingerprint density at radius 2 is 2.30 bits per heavy atom. The van der Waals surface area contributed by atoms with Crippen molar-refractivity contribution in [2.75, 3.05) is 12.3 Å². The molecule has 3 rings (SSSR count). The normalized spacial score (nSPS) is 14.0. The van der Waals surface area contributed by atoms with Crippen molar-refractivity contribution in [3.8, 4) is 0 Å². The van der Waals surface area contributed by atoms with Gasteiger partial charge in [0.15, 0.2) is 0 Å². The first kappa shape index (κ1) is 15.9. The molecule has 0 atom stereocenters. The number of halogens is 1. The highest BCUT2D eigenvalue weighted by Gasteiger charge is 2.28. The van der Waals surface area contributed by atoms with Gasteiger partial charge in [-0.25, -0.2) is 9.07 Å². The van der Waals surface area contributed by atoms with Crippen LogP contribution < -0.4 is 0 Å². The number of hydrogen-bond acceptors (Lipinski definition) is 5. The number of rotatable bonds is 7. The minimum atomic E-state index is -0.288. The lowest BCUT2D eigenvalue weighted by Gasteiger charge is -2.20. The molecule has 8 heteroatoms. The van der Waals surface area contributed by atoms with Crippen LogP contribution in [0.4, 0.5) is 4.39 Å². The Kier molecular flexibility index (Phi) is 4.90. The van der Waals surface area contributed by atoms with E-state index in [1.54, 1.807) is 15.6 Å². The molecule has 0 spiro atoms. The first-order valence-electron chi connectivity index (χ1n) is 7.60. The van der Waals surface area contributed by atoms with Crippen molar-refractivity contribution in [3.63, 3.8) is 0 Å². The zero-order valence-corrected chi connectivity index (χ0v) is 13.7. The Labute approximate surface area is 138 Å². The summed E-state index contributed by atoms with van der Waals surface area (Å²) in [5.74, 6) is -0.0212. The van der Waals surface area contributed by atoms with E-state index >= 15 is 0 Å². The minimum absolute atomic E-state index is 0.00731. The first-order valence-corrected chi connectivity index (χ1v) is 8.59. The van der Waals surface area contributed by atoms with E-state index in [-0.39, 0.29) is 17.5 Å². The molecule has 0 bridgehead atoms. The highest BCUT2D eigenvalue weighted by molar-refractivity contribution is 7.99. The zero-order chi connectivity index (χ0) is 16.2. The summed E-state index contributed by atoms with van der Waals surface area (Å²) in [6.07, 6.45) is 2.18. The average Bonchev–Trinajstić information content (AvgIpc) is 3.28. The molecule has 1 amide bonds. The summed E-state index contributed by atoms with van der Waals surface area (Å²) in [7, 11) is 0. The Morgan fingerprint density at radius 3 is 3.00 bits per heavy atom. The number of carbonyl (C=O) groups excluding carboxylic acids is 1. The van der Waals surface area contributed by atoms with Crippen molar-refractivity contribution in [1.82, 2.24) is 25.1 Å². The van der Waals surface area contributed by atoms with E-state index in [4.69, 9.17) is 0 Å². The van der Waals surface area contributed by atoms with Gasteiger partial charge in [0.2, 0.25) is 11.1 Å². The van der Waals surface area contributed by atoms with Crippen LogP contribution in [0.15, 0.2) is 29.4 Å². The summed E-state index contributed by atoms with van der Waals surface area (Å²) >= 11 is 1.35. The molecule has 0 radical (unpaired) electrons. The molecule has 1 aliphatic carbocycles. The van der Waals surface area contributed by atoms with Gasteiger partial charge in [0.05, 0.1) is 11.8 Å². The summed E-state index contributed by atoms with van der Waals surface area (Å²) in [6, 6.07) is 6.71. The van der Waals surface area contributed by atoms with Gasteiger partial charge in [-0.05, 0) is 47.9 Å². The minimum Gasteiger partial charge on any atom is -0.338 e. The fourth-order valence-corrected chi connectivity index (χ4v) is 3.13. The van der Waals surface area contributed by atoms with Crippen LogP contribution in [0.5, 0.6) is 0 Å². The molecular weight excluding hydrogens is 317 g/mol. The van der Waals surface area contributed by atoms with E-state index in [9.17, 15) is 9.18 Å². The molecule has 1 aromatic heterocycles. The van der Waals surface area contributed by atoms with Gasteiger partial charge in [0.25, 0.3) is 0 Å². The largest absolute Gasteiger partial charge is 0.338 e. The van der Waals surface area contributed by atoms with Crippen LogP contribution >= 0.6 is 11.8 Å². The molecule has 1 aliphatic rings. The van der Waals surface area contributed by atoms with Crippen LogP contribution in [-0.2, 0) is 11.3 Å². The van der Waals surface area contributed by atoms with Crippen molar-refractivity contribution >= 4 is 17.7 Å². The Balaban J connectivity index is 1.58. The SMILES string of the molecule is CCN(Cc1cccc(F)c1)C(=O)CSc1nnnn1C1CC1. The molecule has 2 aromatic rings. The van der Waals surface area contributed by atoms with E-state index < -0.39 is 0 Å². The van der Waals surface area contributed by atoms with Gasteiger partial charge >= 0.3 is 0 Å². The third kappa shape index (κ3) is 4.07. The van der Waals surface area contributed by atoms with E-state index in [0.29, 0.717) is 24.3 Å². The van der Waals surface area contributed by atoms with Gasteiger partial charge in [-0.2, -0.15) is 0 Å². The number of hydrogen-bond donors (Lipinski definition) is 0. The van der Waals surface area contributed by atoms with Crippen molar-refractivity contribution in [2.24, 2.45) is 0 Å². The van der Waals surface area contributed by atoms with Crippen molar-refractivity contribution < 1.29 is 9.18 Å². The number of nitrogens with zero attached hydrogens (tertiary/aromatic N) is 5. The quantitative estimate of drug-likeness (QED) is 0.727. The van der Waals surface area contributed by atoms with Gasteiger partial charge in [-0.3, -0.25) is 4.79 Å². The lowest BCUT2D eigenvalue weighted by molar-refractivity contribution is -0.128. The predicted octanol–water partition coefficient (Wildman–Crippen LogP) is 2.29. The van der Waals surface area contributed by atoms with Crippen LogP contribution in [-0.4, -0.2) is 43.3 Å². The lowest BCUT2D eigenvalue weighted by Crippen LogP contribution is -2.31. The molecule has 0 unspecified atom stereocenters. The Hall–Kier alpha value is -1.96. The fourth-order valence-electron chi connectivity index (χ4n) is 2.28. The zero-order valence-electron chi connectivity index (χ0n) is 12.9. The molecule has 1 heterocycles. The standard InChI is InChI=1S/C15H18FN5OS/c1-2-20(9-11-4-3-5-12(16)8-11)14(22)10-23-15-17-18-19-21(15)13-6-7-13/h3-5,8,13H,2,6-7,9-10H2,1H3. The molecular formula is C15H18FN5OS. The van der Waals surface area contributed by atoms with E-state index in [1.165, 1.54) is 23.9 Å². The third-order valence-corrected chi connectivity index (χ3v) is 4.60. The molecule has 122 valence electrons. The molecule has 1 aromatic carbocycles. The summed E-state index contributed by atoms with van der Waals surface area (Å²) in [5, 5.41) is 12.3. The van der Waals surface area contributed by atoms with E-state index in [0.717, 1.165) is 18.4 Å². The predicted molar refractivity (Wildman–Crippen MR) is 84.3 cm³/mol. The second kappa shape index (κ2) is 7.08. The maximum Gasteiger partial charge on any atom is 0.233 e. The summed E-state index contributed by atoms with van der Waals surface area (Å²) in [6.45, 7) is 2.89. The Bertz CT molecular complexity index is 688. The van der Waals surface area contributed by atoms with Crippen molar-refractivity contribution in [3.05, 3.63) is 35.6 Å². The summed E-state index contributed by atoms with van der Waals surface area (Å²) in [5.41, 5.74) is 0.785. The summed E-state index contributed by atoms with van der Waals surface area (Å²) < 4.78 is 15.0. The van der Waals surface area contributed by atoms with Crippen molar-refractivity contribution in [2.45, 2.75) is 37.5 Å². The molecule has 23 heavy (non-hydrogen) atoms. The third-order valence-electron chi connectivity index (χ3n) is 3.68. The van der Waals surface area contributed by atoms with Crippen LogP contribution in [0, 0.1) is 5.82 Å². The number of benzene rings is 1. The maximum absolute atomic E-state index is 13.3. The van der Waals surface area contributed by atoms with Gasteiger partial charge in [-0.15, -0.1) is 5.10 Å². The van der Waals surface area contributed by atoms with Crippen molar-refractivity contribution in [1.29, 1.82) is 0 Å². The molecule has 0 saturated heterocycles. The molecule has 1 fully saturated rings.